The van der Waals surface area contributed by atoms with Gasteiger partial charge < -0.3 is 19.6 Å². The highest BCUT2D eigenvalue weighted by Crippen LogP contribution is 2.39. The maximum atomic E-state index is 11.7. The van der Waals surface area contributed by atoms with E-state index in [1.165, 1.54) is 0 Å². The van der Waals surface area contributed by atoms with Gasteiger partial charge in [0.1, 0.15) is 17.5 Å². The lowest BCUT2D eigenvalue weighted by Crippen LogP contribution is -2.45. The van der Waals surface area contributed by atoms with Crippen molar-refractivity contribution in [1.82, 2.24) is 10.3 Å². The summed E-state index contributed by atoms with van der Waals surface area (Å²) in [6, 6.07) is 12.6. The molecular weight excluding hydrogens is 368 g/mol. The van der Waals surface area contributed by atoms with Crippen molar-refractivity contribution >= 4 is 29.3 Å². The Bertz CT molecular complexity index is 985. The lowest BCUT2D eigenvalue weighted by Gasteiger charge is -2.30. The number of hydrogen-bond acceptors (Lipinski definition) is 4. The average molecular weight is 389 g/mol. The van der Waals surface area contributed by atoms with E-state index in [4.69, 9.17) is 9.47 Å². The molecule has 0 amide bonds. The van der Waals surface area contributed by atoms with Gasteiger partial charge in [0.25, 0.3) is 0 Å². The number of benzene rings is 2. The maximum absolute atomic E-state index is 11.7. The number of rotatable bonds is 4. The second-order valence-corrected chi connectivity index (χ2v) is 6.37. The molecule has 2 heterocycles. The zero-order chi connectivity index (χ0) is 18.3. The molecule has 27 heavy (non-hydrogen) atoms. The fraction of sp³-hybridized carbons (Fsp3) is 0.250. The fourth-order valence-corrected chi connectivity index (χ4v) is 3.70. The van der Waals surface area contributed by atoms with E-state index in [0.29, 0.717) is 17.9 Å². The number of nitrogens with one attached hydrogen (secondary N) is 2. The van der Waals surface area contributed by atoms with Crippen molar-refractivity contribution in [2.45, 2.75) is 18.5 Å². The number of para-hydroxylation sites is 1. The summed E-state index contributed by atoms with van der Waals surface area (Å²) in [5, 5.41) is 13.9. The Hall–Kier alpha value is -2.70. The van der Waals surface area contributed by atoms with Crippen LogP contribution in [0.2, 0.25) is 0 Å². The van der Waals surface area contributed by atoms with Crippen LogP contribution >= 0.6 is 12.4 Å². The van der Waals surface area contributed by atoms with Gasteiger partial charge in [0.05, 0.1) is 20.3 Å². The van der Waals surface area contributed by atoms with E-state index in [0.717, 1.165) is 27.7 Å². The number of aromatic nitrogens is 1. The van der Waals surface area contributed by atoms with Crippen LogP contribution in [0.25, 0.3) is 10.9 Å². The number of ether oxygens (including phenoxy) is 2. The first-order valence-electron chi connectivity index (χ1n) is 8.42. The second-order valence-electron chi connectivity index (χ2n) is 6.37. The normalized spacial score (nSPS) is 18.4. The third-order valence-corrected chi connectivity index (χ3v) is 4.96. The standard InChI is InChI=1S/C20H20N2O4.ClH/c1-25-11-7-8-13(17(9-11)26-2)18-19-14(10-16(22-18)20(23)24)12-5-3-4-6-15(12)21-19;/h3-9,16,18,21-22H,10H2,1-2H3,(H,23,24);1H. The van der Waals surface area contributed by atoms with Crippen molar-refractivity contribution in [2.75, 3.05) is 14.2 Å². The molecule has 3 aromatic rings. The Balaban J connectivity index is 0.00000210. The van der Waals surface area contributed by atoms with Crippen molar-refractivity contribution in [3.05, 3.63) is 59.3 Å². The third kappa shape index (κ3) is 3.22. The highest BCUT2D eigenvalue weighted by molar-refractivity contribution is 5.87. The molecule has 2 aromatic carbocycles. The molecule has 6 nitrogen and oxygen atoms in total. The van der Waals surface area contributed by atoms with Crippen molar-refractivity contribution < 1.29 is 19.4 Å². The van der Waals surface area contributed by atoms with E-state index in [2.05, 4.69) is 10.3 Å². The van der Waals surface area contributed by atoms with Crippen LogP contribution in [0.5, 0.6) is 11.5 Å². The summed E-state index contributed by atoms with van der Waals surface area (Å²) in [6.45, 7) is 0. The van der Waals surface area contributed by atoms with E-state index in [9.17, 15) is 9.90 Å². The molecule has 0 radical (unpaired) electrons. The molecule has 7 heteroatoms. The second kappa shape index (κ2) is 7.50. The first-order valence-corrected chi connectivity index (χ1v) is 8.42. The van der Waals surface area contributed by atoms with Crippen LogP contribution in [-0.4, -0.2) is 36.3 Å². The molecule has 0 spiro atoms. The average Bonchev–Trinajstić information content (AvgIpc) is 3.05. The number of H-pyrrole nitrogens is 1. The van der Waals surface area contributed by atoms with Crippen LogP contribution < -0.4 is 14.8 Å². The molecule has 1 aromatic heterocycles. The predicted octanol–water partition coefficient (Wildman–Crippen LogP) is 3.30. The number of carbonyl (C=O) groups is 1. The minimum Gasteiger partial charge on any atom is -0.497 e. The van der Waals surface area contributed by atoms with Crippen LogP contribution in [0.3, 0.4) is 0 Å². The van der Waals surface area contributed by atoms with Gasteiger partial charge >= 0.3 is 5.97 Å². The molecule has 1 aliphatic rings. The summed E-state index contributed by atoms with van der Waals surface area (Å²) < 4.78 is 10.8. The van der Waals surface area contributed by atoms with Gasteiger partial charge in [-0.2, -0.15) is 0 Å². The minimum atomic E-state index is -0.863. The largest absolute Gasteiger partial charge is 0.497 e. The zero-order valence-corrected chi connectivity index (χ0v) is 15.8. The van der Waals surface area contributed by atoms with E-state index in [1.807, 2.05) is 42.5 Å². The van der Waals surface area contributed by atoms with E-state index < -0.39 is 12.0 Å². The Kier molecular flexibility index (Phi) is 5.30. The van der Waals surface area contributed by atoms with Crippen molar-refractivity contribution in [2.24, 2.45) is 0 Å². The van der Waals surface area contributed by atoms with Crippen LogP contribution in [0.1, 0.15) is 22.9 Å². The quantitative estimate of drug-likeness (QED) is 0.638. The van der Waals surface area contributed by atoms with Gasteiger partial charge in [-0.25, -0.2) is 0 Å². The number of fused-ring (bicyclic) bond motifs is 3. The molecule has 0 saturated heterocycles. The van der Waals surface area contributed by atoms with Gasteiger partial charge in [-0.15, -0.1) is 12.4 Å². The summed E-state index contributed by atoms with van der Waals surface area (Å²) >= 11 is 0. The van der Waals surface area contributed by atoms with E-state index >= 15 is 0 Å². The molecule has 0 saturated carbocycles. The highest BCUT2D eigenvalue weighted by Gasteiger charge is 2.35. The van der Waals surface area contributed by atoms with Gasteiger partial charge in [0.2, 0.25) is 0 Å². The van der Waals surface area contributed by atoms with Crippen LogP contribution in [0.4, 0.5) is 0 Å². The number of aliphatic carboxylic acids is 1. The lowest BCUT2D eigenvalue weighted by atomic mass is 9.90. The monoisotopic (exact) mass is 388 g/mol. The van der Waals surface area contributed by atoms with E-state index in [1.54, 1.807) is 14.2 Å². The smallest absolute Gasteiger partial charge is 0.321 e. The summed E-state index contributed by atoms with van der Waals surface area (Å²) in [4.78, 5) is 15.2. The van der Waals surface area contributed by atoms with E-state index in [-0.39, 0.29) is 18.4 Å². The van der Waals surface area contributed by atoms with Crippen molar-refractivity contribution in [3.8, 4) is 11.5 Å². The minimum absolute atomic E-state index is 0. The number of carboxylic acid groups (broad SMARTS) is 1. The number of aromatic amines is 1. The summed E-state index contributed by atoms with van der Waals surface area (Å²) in [6.07, 6.45) is 0.434. The third-order valence-electron chi connectivity index (χ3n) is 4.96. The fourth-order valence-electron chi connectivity index (χ4n) is 3.70. The Labute approximate surface area is 162 Å². The summed E-state index contributed by atoms with van der Waals surface area (Å²) in [5.74, 6) is 0.476. The van der Waals surface area contributed by atoms with Crippen molar-refractivity contribution in [1.29, 1.82) is 0 Å². The Morgan fingerprint density at radius 1 is 1.15 bits per heavy atom. The lowest BCUT2D eigenvalue weighted by molar-refractivity contribution is -0.139. The predicted molar refractivity (Wildman–Crippen MR) is 105 cm³/mol. The van der Waals surface area contributed by atoms with Gasteiger partial charge in [-0.1, -0.05) is 18.2 Å². The summed E-state index contributed by atoms with van der Waals surface area (Å²) in [5.41, 5.74) is 3.89. The first kappa shape index (κ1) is 19.1. The molecular formula is C20H21ClN2O4. The molecule has 2 atom stereocenters. The number of halogens is 1. The van der Waals surface area contributed by atoms with Gasteiger partial charge in [-0.3, -0.25) is 10.1 Å². The number of hydrogen-bond donors (Lipinski definition) is 3. The molecule has 1 aliphatic heterocycles. The molecule has 142 valence electrons. The molecule has 3 N–H and O–H groups in total. The van der Waals surface area contributed by atoms with Crippen LogP contribution in [0.15, 0.2) is 42.5 Å². The van der Waals surface area contributed by atoms with Gasteiger partial charge in [-0.05, 0) is 23.8 Å². The first-order chi connectivity index (χ1) is 12.6. The van der Waals surface area contributed by atoms with Crippen molar-refractivity contribution in [3.63, 3.8) is 0 Å². The number of carboxylic acids is 1. The Morgan fingerprint density at radius 2 is 1.93 bits per heavy atom. The molecule has 0 aliphatic carbocycles. The molecule has 2 unspecified atom stereocenters. The highest BCUT2D eigenvalue weighted by atomic mass is 35.5. The topological polar surface area (TPSA) is 83.6 Å². The van der Waals surface area contributed by atoms with Gasteiger partial charge in [0, 0.05) is 34.6 Å². The van der Waals surface area contributed by atoms with Gasteiger partial charge in [0.15, 0.2) is 0 Å². The van der Waals surface area contributed by atoms with Crippen LogP contribution in [-0.2, 0) is 11.2 Å². The zero-order valence-electron chi connectivity index (χ0n) is 15.0. The molecule has 0 fully saturated rings. The number of methoxy groups -OCH3 is 2. The SMILES string of the molecule is COc1ccc(C2NC(C(=O)O)Cc3c2[nH]c2ccccc32)c(OC)c1.Cl. The maximum Gasteiger partial charge on any atom is 0.321 e. The molecule has 4 rings (SSSR count). The van der Waals surface area contributed by atoms with Crippen LogP contribution in [0, 0.1) is 0 Å². The summed E-state index contributed by atoms with van der Waals surface area (Å²) in [7, 11) is 3.20. The Morgan fingerprint density at radius 3 is 2.63 bits per heavy atom. The molecule has 0 bridgehead atoms.